The van der Waals surface area contributed by atoms with Crippen LogP contribution in [0, 0.1) is 0 Å². The zero-order valence-corrected chi connectivity index (χ0v) is 16.5. The molecule has 1 aliphatic rings. The molecule has 1 saturated heterocycles. The van der Waals surface area contributed by atoms with Crippen LogP contribution in [0.4, 0.5) is 0 Å². The highest BCUT2D eigenvalue weighted by Crippen LogP contribution is 2.36. The van der Waals surface area contributed by atoms with E-state index in [1.807, 2.05) is 6.07 Å². The fraction of sp³-hybridized carbons (Fsp3) is 0.368. The van der Waals surface area contributed by atoms with Gasteiger partial charge in [0.15, 0.2) is 0 Å². The number of fused-ring (bicyclic) bond motifs is 1. The third-order valence-corrected chi connectivity index (χ3v) is 7.43. The number of aliphatic hydroxyl groups excluding tert-OH is 4. The maximum Gasteiger partial charge on any atom is 0.113 e. The average molecular weight is 427 g/mol. The van der Waals surface area contributed by atoms with Crippen LogP contribution >= 0.6 is 34.3 Å². The predicted molar refractivity (Wildman–Crippen MR) is 107 cm³/mol. The lowest BCUT2D eigenvalue weighted by atomic mass is 9.90. The molecule has 8 heteroatoms. The molecule has 4 rings (SSSR count). The number of thiophene rings is 2. The minimum Gasteiger partial charge on any atom is -0.394 e. The van der Waals surface area contributed by atoms with Gasteiger partial charge >= 0.3 is 0 Å². The number of aliphatic hydroxyl groups is 4. The number of halogens is 1. The normalized spacial score (nSPS) is 28.7. The van der Waals surface area contributed by atoms with E-state index in [0.29, 0.717) is 17.0 Å². The number of ether oxygens (including phenoxy) is 1. The molecule has 0 bridgehead atoms. The topological polar surface area (TPSA) is 90.2 Å². The van der Waals surface area contributed by atoms with Gasteiger partial charge in [-0.2, -0.15) is 0 Å². The summed E-state index contributed by atoms with van der Waals surface area (Å²) in [5, 5.41) is 43.6. The van der Waals surface area contributed by atoms with Gasteiger partial charge in [-0.15, -0.1) is 22.7 Å². The van der Waals surface area contributed by atoms with Gasteiger partial charge in [-0.3, -0.25) is 0 Å². The highest BCUT2D eigenvalue weighted by Gasteiger charge is 2.44. The van der Waals surface area contributed by atoms with Gasteiger partial charge in [-0.25, -0.2) is 0 Å². The molecule has 1 fully saturated rings. The molecule has 0 spiro atoms. The van der Waals surface area contributed by atoms with Crippen LogP contribution in [0.1, 0.15) is 22.1 Å². The second-order valence-corrected chi connectivity index (χ2v) is 9.37. The second-order valence-electron chi connectivity index (χ2n) is 6.65. The molecule has 0 aliphatic carbocycles. The lowest BCUT2D eigenvalue weighted by Crippen LogP contribution is -2.55. The van der Waals surface area contributed by atoms with Crippen molar-refractivity contribution in [2.45, 2.75) is 36.9 Å². The van der Waals surface area contributed by atoms with Gasteiger partial charge in [-0.05, 0) is 34.7 Å². The quantitative estimate of drug-likeness (QED) is 0.515. The Morgan fingerprint density at radius 2 is 1.85 bits per heavy atom. The molecule has 4 N–H and O–H groups in total. The van der Waals surface area contributed by atoms with Gasteiger partial charge in [0, 0.05) is 21.7 Å². The minimum atomic E-state index is -1.40. The monoisotopic (exact) mass is 426 g/mol. The number of rotatable bonds is 4. The van der Waals surface area contributed by atoms with Gasteiger partial charge in [-0.1, -0.05) is 23.7 Å². The molecule has 1 aromatic carbocycles. The second kappa shape index (κ2) is 7.77. The van der Waals surface area contributed by atoms with Crippen molar-refractivity contribution in [1.82, 2.24) is 0 Å². The molecule has 1 aliphatic heterocycles. The largest absolute Gasteiger partial charge is 0.394 e. The van der Waals surface area contributed by atoms with E-state index in [4.69, 9.17) is 16.3 Å². The van der Waals surface area contributed by atoms with Gasteiger partial charge in [0.2, 0.25) is 0 Å². The van der Waals surface area contributed by atoms with E-state index in [1.54, 1.807) is 34.8 Å². The molecule has 0 radical (unpaired) electrons. The Bertz CT molecular complexity index is 909. The Hall–Kier alpha value is -1.03. The van der Waals surface area contributed by atoms with E-state index < -0.39 is 37.1 Å². The zero-order chi connectivity index (χ0) is 19.1. The van der Waals surface area contributed by atoms with Crippen LogP contribution in [0.3, 0.4) is 0 Å². The van der Waals surface area contributed by atoms with Gasteiger partial charge in [0.1, 0.15) is 30.5 Å². The van der Waals surface area contributed by atoms with Crippen molar-refractivity contribution in [1.29, 1.82) is 0 Å². The van der Waals surface area contributed by atoms with Crippen LogP contribution in [-0.4, -0.2) is 51.4 Å². The summed E-state index contributed by atoms with van der Waals surface area (Å²) in [5.74, 6) is 0. The summed E-state index contributed by atoms with van der Waals surface area (Å²) in [6.07, 6.45) is -5.21. The van der Waals surface area contributed by atoms with Crippen LogP contribution < -0.4 is 0 Å². The van der Waals surface area contributed by atoms with Crippen LogP contribution in [0.25, 0.3) is 9.40 Å². The van der Waals surface area contributed by atoms with E-state index in [9.17, 15) is 20.4 Å². The van der Waals surface area contributed by atoms with Gasteiger partial charge in [0.05, 0.1) is 10.6 Å². The molecule has 27 heavy (non-hydrogen) atoms. The van der Waals surface area contributed by atoms with E-state index >= 15 is 0 Å². The molecule has 144 valence electrons. The fourth-order valence-electron chi connectivity index (χ4n) is 3.38. The first kappa shape index (κ1) is 19.3. The summed E-state index contributed by atoms with van der Waals surface area (Å²) in [6.45, 7) is -0.451. The van der Waals surface area contributed by atoms with Crippen molar-refractivity contribution < 1.29 is 25.2 Å². The zero-order valence-electron chi connectivity index (χ0n) is 14.2. The first-order valence-corrected chi connectivity index (χ1v) is 10.6. The Balaban J connectivity index is 1.62. The van der Waals surface area contributed by atoms with Crippen LogP contribution in [0.2, 0.25) is 5.02 Å². The molecule has 5 nitrogen and oxygen atoms in total. The maximum atomic E-state index is 10.3. The highest BCUT2D eigenvalue weighted by atomic mass is 35.5. The van der Waals surface area contributed by atoms with Crippen molar-refractivity contribution in [3.63, 3.8) is 0 Å². The Labute approximate surface area is 169 Å². The molecular formula is C19H19ClO5S2. The summed E-state index contributed by atoms with van der Waals surface area (Å²) in [6, 6.07) is 9.55. The number of hydrogen-bond acceptors (Lipinski definition) is 7. The Morgan fingerprint density at radius 1 is 1.04 bits per heavy atom. The summed E-state index contributed by atoms with van der Waals surface area (Å²) in [7, 11) is 0. The minimum absolute atomic E-state index is 0.451. The van der Waals surface area contributed by atoms with E-state index in [2.05, 4.69) is 17.5 Å². The van der Waals surface area contributed by atoms with Gasteiger partial charge < -0.3 is 25.2 Å². The Kier molecular flexibility index (Phi) is 5.55. The standard InChI is InChI=1S/C19H19ClO5S2/c20-13-2-1-9(18-17(24)16(23)15(22)14(8-21)25-18)5-11(13)7-12-6-10-3-4-26-19(10)27-12/h1-6,14-18,21-24H,7-8H2/t14?,15-,16?,17-,18?/m1/s1. The lowest BCUT2D eigenvalue weighted by molar-refractivity contribution is -0.231. The molecule has 3 aromatic rings. The van der Waals surface area contributed by atoms with Crippen LogP contribution in [0.5, 0.6) is 0 Å². The molecule has 5 atom stereocenters. The van der Waals surface area contributed by atoms with Crippen LogP contribution in [0.15, 0.2) is 35.7 Å². The third kappa shape index (κ3) is 3.66. The van der Waals surface area contributed by atoms with Crippen molar-refractivity contribution in [3.8, 4) is 0 Å². The van der Waals surface area contributed by atoms with E-state index in [-0.39, 0.29) is 0 Å². The summed E-state index contributed by atoms with van der Waals surface area (Å²) < 4.78 is 6.92. The predicted octanol–water partition coefficient (Wildman–Crippen LogP) is 2.72. The average Bonchev–Trinajstić information content (AvgIpc) is 3.24. The molecule has 0 saturated carbocycles. The molecule has 0 amide bonds. The van der Waals surface area contributed by atoms with Crippen molar-refractivity contribution in [2.24, 2.45) is 0 Å². The summed E-state index contributed by atoms with van der Waals surface area (Å²) >= 11 is 9.81. The number of hydrogen-bond donors (Lipinski definition) is 4. The lowest BCUT2D eigenvalue weighted by Gasteiger charge is -2.40. The van der Waals surface area contributed by atoms with Crippen molar-refractivity contribution in [2.75, 3.05) is 6.61 Å². The van der Waals surface area contributed by atoms with Crippen molar-refractivity contribution >= 4 is 43.7 Å². The van der Waals surface area contributed by atoms with Gasteiger partial charge in [0.25, 0.3) is 0 Å². The Morgan fingerprint density at radius 3 is 2.59 bits per heavy atom. The first-order chi connectivity index (χ1) is 13.0. The van der Waals surface area contributed by atoms with E-state index in [1.165, 1.54) is 14.3 Å². The molecule has 2 aromatic heterocycles. The fourth-order valence-corrected chi connectivity index (χ4v) is 5.74. The summed E-state index contributed by atoms with van der Waals surface area (Å²) in [4.78, 5) is 1.18. The number of benzene rings is 1. The van der Waals surface area contributed by atoms with Crippen molar-refractivity contribution in [3.05, 3.63) is 56.7 Å². The highest BCUT2D eigenvalue weighted by molar-refractivity contribution is 7.37. The van der Waals surface area contributed by atoms with E-state index in [0.717, 1.165) is 5.56 Å². The molecular weight excluding hydrogens is 408 g/mol. The molecule has 3 unspecified atom stereocenters. The smallest absolute Gasteiger partial charge is 0.113 e. The maximum absolute atomic E-state index is 10.3. The summed E-state index contributed by atoms with van der Waals surface area (Å²) in [5.41, 5.74) is 1.53. The first-order valence-electron chi connectivity index (χ1n) is 8.52. The molecule has 3 heterocycles. The van der Waals surface area contributed by atoms with Crippen LogP contribution in [-0.2, 0) is 11.2 Å². The SMILES string of the molecule is OCC1OC(c2ccc(Cl)c(Cc3cc4ccsc4s3)c2)[C@H](O)C(O)[C@@H]1O. The third-order valence-electron chi connectivity index (χ3n) is 4.85.